The number of carbonyl (C=O) groups excluding carboxylic acids is 1. The van der Waals surface area contributed by atoms with Crippen molar-refractivity contribution in [1.82, 2.24) is 0 Å². The predicted octanol–water partition coefficient (Wildman–Crippen LogP) is 1.93. The Morgan fingerprint density at radius 1 is 1.41 bits per heavy atom. The number of hydrogen-bond donors (Lipinski definition) is 1. The third kappa shape index (κ3) is 3.20. The molecule has 1 aromatic carbocycles. The lowest BCUT2D eigenvalue weighted by Crippen LogP contribution is -2.23. The van der Waals surface area contributed by atoms with Crippen LogP contribution in [0.2, 0.25) is 0 Å². The van der Waals surface area contributed by atoms with Crippen molar-refractivity contribution in [2.24, 2.45) is 5.92 Å². The summed E-state index contributed by atoms with van der Waals surface area (Å²) in [5.74, 6) is -0.295. The molecule has 0 heterocycles. The summed E-state index contributed by atoms with van der Waals surface area (Å²) in [4.78, 5) is 11.5. The van der Waals surface area contributed by atoms with Crippen molar-refractivity contribution in [3.8, 4) is 5.75 Å². The number of methoxy groups -OCH3 is 2. The van der Waals surface area contributed by atoms with E-state index in [4.69, 9.17) is 4.74 Å². The number of ether oxygens (including phenoxy) is 2. The molecule has 4 nitrogen and oxygen atoms in total. The Bertz CT molecular complexity index is 375. The van der Waals surface area contributed by atoms with Crippen LogP contribution in [-0.2, 0) is 9.53 Å². The highest BCUT2D eigenvalue weighted by Crippen LogP contribution is 2.27. The first-order valence-electron chi connectivity index (χ1n) is 5.53. The summed E-state index contributed by atoms with van der Waals surface area (Å²) in [6.07, 6.45) is -0.354. The Labute approximate surface area is 101 Å². The molecular formula is C13H18O4. The Morgan fingerprint density at radius 3 is 2.65 bits per heavy atom. The van der Waals surface area contributed by atoms with Crippen molar-refractivity contribution in [2.75, 3.05) is 14.2 Å². The van der Waals surface area contributed by atoms with Crippen molar-refractivity contribution < 1.29 is 19.4 Å². The number of benzene rings is 1. The average molecular weight is 238 g/mol. The monoisotopic (exact) mass is 238 g/mol. The van der Waals surface area contributed by atoms with Crippen LogP contribution in [0.25, 0.3) is 0 Å². The normalized spacial score (nSPS) is 13.9. The second kappa shape index (κ2) is 6.25. The third-order valence-corrected chi connectivity index (χ3v) is 2.76. The highest BCUT2D eigenvalue weighted by Gasteiger charge is 2.27. The van der Waals surface area contributed by atoms with Gasteiger partial charge >= 0.3 is 5.97 Å². The zero-order valence-corrected chi connectivity index (χ0v) is 10.3. The Kier molecular flexibility index (Phi) is 4.97. The fourth-order valence-electron chi connectivity index (χ4n) is 1.73. The molecule has 0 fully saturated rings. The first-order valence-corrected chi connectivity index (χ1v) is 5.53. The maximum Gasteiger partial charge on any atom is 0.311 e. The van der Waals surface area contributed by atoms with Gasteiger partial charge in [-0.25, -0.2) is 0 Å². The minimum atomic E-state index is -0.873. The number of aliphatic hydroxyl groups excluding tert-OH is 1. The van der Waals surface area contributed by atoms with Gasteiger partial charge in [0.1, 0.15) is 5.75 Å². The molecule has 2 unspecified atom stereocenters. The standard InChI is InChI=1S/C13H18O4/c1-4-11(13(15)17-3)12(14)9-6-5-7-10(8-9)16-2/h5-8,11-12,14H,4H2,1-3H3. The highest BCUT2D eigenvalue weighted by atomic mass is 16.5. The molecule has 0 aliphatic carbocycles. The molecule has 0 saturated heterocycles. The van der Waals surface area contributed by atoms with Gasteiger partial charge < -0.3 is 14.6 Å². The fourth-order valence-corrected chi connectivity index (χ4v) is 1.73. The van der Waals surface area contributed by atoms with Gasteiger partial charge in [-0.05, 0) is 24.1 Å². The van der Waals surface area contributed by atoms with Crippen LogP contribution in [0.3, 0.4) is 0 Å². The Morgan fingerprint density at radius 2 is 2.12 bits per heavy atom. The highest BCUT2D eigenvalue weighted by molar-refractivity contribution is 5.73. The van der Waals surface area contributed by atoms with Gasteiger partial charge in [0.15, 0.2) is 0 Å². The smallest absolute Gasteiger partial charge is 0.311 e. The lowest BCUT2D eigenvalue weighted by molar-refractivity contribution is -0.149. The van der Waals surface area contributed by atoms with Crippen LogP contribution >= 0.6 is 0 Å². The number of esters is 1. The summed E-state index contributed by atoms with van der Waals surface area (Å²) >= 11 is 0. The lowest BCUT2D eigenvalue weighted by Gasteiger charge is -2.19. The van der Waals surface area contributed by atoms with E-state index in [0.717, 1.165) is 0 Å². The van der Waals surface area contributed by atoms with Gasteiger partial charge in [-0.2, -0.15) is 0 Å². The van der Waals surface area contributed by atoms with Crippen LogP contribution < -0.4 is 4.74 Å². The van der Waals surface area contributed by atoms with Gasteiger partial charge in [-0.1, -0.05) is 19.1 Å². The first-order chi connectivity index (χ1) is 8.13. The summed E-state index contributed by atoms with van der Waals surface area (Å²) < 4.78 is 9.75. The Hall–Kier alpha value is -1.55. The van der Waals surface area contributed by atoms with E-state index in [1.165, 1.54) is 7.11 Å². The molecule has 1 N–H and O–H groups in total. The molecular weight excluding hydrogens is 220 g/mol. The fraction of sp³-hybridized carbons (Fsp3) is 0.462. The number of carbonyl (C=O) groups is 1. The molecule has 0 aromatic heterocycles. The quantitative estimate of drug-likeness (QED) is 0.796. The molecule has 0 radical (unpaired) electrons. The molecule has 0 bridgehead atoms. The van der Waals surface area contributed by atoms with E-state index in [2.05, 4.69) is 4.74 Å². The van der Waals surface area contributed by atoms with Crippen molar-refractivity contribution >= 4 is 5.97 Å². The number of hydrogen-bond acceptors (Lipinski definition) is 4. The lowest BCUT2D eigenvalue weighted by atomic mass is 9.93. The predicted molar refractivity (Wildman–Crippen MR) is 63.8 cm³/mol. The van der Waals surface area contributed by atoms with Crippen molar-refractivity contribution in [1.29, 1.82) is 0 Å². The van der Waals surface area contributed by atoms with Gasteiger partial charge in [0.25, 0.3) is 0 Å². The van der Waals surface area contributed by atoms with Crippen LogP contribution in [0.1, 0.15) is 25.0 Å². The summed E-state index contributed by atoms with van der Waals surface area (Å²) in [6.45, 7) is 1.84. The van der Waals surface area contributed by atoms with E-state index in [9.17, 15) is 9.90 Å². The van der Waals surface area contributed by atoms with E-state index in [0.29, 0.717) is 17.7 Å². The summed E-state index contributed by atoms with van der Waals surface area (Å²) in [6, 6.07) is 7.05. The van der Waals surface area contributed by atoms with E-state index in [1.54, 1.807) is 31.4 Å². The molecule has 0 aliphatic heterocycles. The molecule has 0 amide bonds. The van der Waals surface area contributed by atoms with E-state index < -0.39 is 18.0 Å². The number of rotatable bonds is 5. The molecule has 1 aromatic rings. The van der Waals surface area contributed by atoms with Crippen LogP contribution in [0, 0.1) is 5.92 Å². The van der Waals surface area contributed by atoms with E-state index in [1.807, 2.05) is 6.92 Å². The minimum Gasteiger partial charge on any atom is -0.497 e. The zero-order valence-electron chi connectivity index (χ0n) is 10.3. The molecule has 1 rings (SSSR count). The van der Waals surface area contributed by atoms with Crippen molar-refractivity contribution in [2.45, 2.75) is 19.4 Å². The largest absolute Gasteiger partial charge is 0.497 e. The molecule has 0 spiro atoms. The summed E-state index contributed by atoms with van der Waals surface area (Å²) in [5, 5.41) is 10.1. The summed E-state index contributed by atoms with van der Waals surface area (Å²) in [5.41, 5.74) is 0.654. The average Bonchev–Trinajstić information content (AvgIpc) is 2.39. The topological polar surface area (TPSA) is 55.8 Å². The third-order valence-electron chi connectivity index (χ3n) is 2.76. The summed E-state index contributed by atoms with van der Waals surface area (Å²) in [7, 11) is 2.88. The van der Waals surface area contributed by atoms with E-state index in [-0.39, 0.29) is 0 Å². The van der Waals surface area contributed by atoms with Crippen molar-refractivity contribution in [3.63, 3.8) is 0 Å². The zero-order chi connectivity index (χ0) is 12.8. The van der Waals surface area contributed by atoms with Gasteiger partial charge in [0.05, 0.1) is 26.2 Å². The second-order valence-corrected chi connectivity index (χ2v) is 3.76. The maximum atomic E-state index is 11.5. The second-order valence-electron chi connectivity index (χ2n) is 3.76. The minimum absolute atomic E-state index is 0.400. The molecule has 2 atom stereocenters. The molecule has 0 aliphatic rings. The maximum absolute atomic E-state index is 11.5. The van der Waals surface area contributed by atoms with Gasteiger partial charge in [-0.3, -0.25) is 4.79 Å². The SMILES string of the molecule is CCC(C(=O)OC)C(O)c1cccc(OC)c1. The van der Waals surface area contributed by atoms with Crippen LogP contribution in [-0.4, -0.2) is 25.3 Å². The molecule has 94 valence electrons. The van der Waals surface area contributed by atoms with E-state index >= 15 is 0 Å². The van der Waals surface area contributed by atoms with Crippen LogP contribution in [0.15, 0.2) is 24.3 Å². The Balaban J connectivity index is 2.92. The van der Waals surface area contributed by atoms with Gasteiger partial charge in [-0.15, -0.1) is 0 Å². The van der Waals surface area contributed by atoms with Crippen LogP contribution in [0.5, 0.6) is 5.75 Å². The van der Waals surface area contributed by atoms with Crippen LogP contribution in [0.4, 0.5) is 0 Å². The molecule has 0 saturated carbocycles. The van der Waals surface area contributed by atoms with Crippen molar-refractivity contribution in [3.05, 3.63) is 29.8 Å². The van der Waals surface area contributed by atoms with Gasteiger partial charge in [0.2, 0.25) is 0 Å². The first kappa shape index (κ1) is 13.5. The number of aliphatic hydroxyl groups is 1. The molecule has 4 heteroatoms. The molecule has 17 heavy (non-hydrogen) atoms. The van der Waals surface area contributed by atoms with Gasteiger partial charge in [0, 0.05) is 0 Å².